The minimum Gasteiger partial charge on any atom is -0.273 e. The molecule has 19 heavy (non-hydrogen) atoms. The van der Waals surface area contributed by atoms with Crippen LogP contribution in [0.15, 0.2) is 30.3 Å². The van der Waals surface area contributed by atoms with Crippen LogP contribution in [0.25, 0.3) is 0 Å². The molecule has 0 heterocycles. The van der Waals surface area contributed by atoms with Crippen molar-refractivity contribution in [3.05, 3.63) is 35.9 Å². The standard InChI is InChI=1S/C16H23NO2/c18-16(15-11-7-2-1-3-8-12-15)17-19-13-14-9-5-4-6-10-14/h4-6,9-10,15H,1-3,7-8,11-13H2,(H,17,18). The maximum absolute atomic E-state index is 12.0. The molecule has 1 aromatic carbocycles. The summed E-state index contributed by atoms with van der Waals surface area (Å²) in [5, 5.41) is 0. The molecule has 0 aromatic heterocycles. The van der Waals surface area contributed by atoms with Crippen LogP contribution in [-0.2, 0) is 16.2 Å². The van der Waals surface area contributed by atoms with Crippen LogP contribution >= 0.6 is 0 Å². The summed E-state index contributed by atoms with van der Waals surface area (Å²) in [5.74, 6) is 0.189. The van der Waals surface area contributed by atoms with Gasteiger partial charge in [0.25, 0.3) is 0 Å². The van der Waals surface area contributed by atoms with Crippen LogP contribution in [0, 0.1) is 5.92 Å². The van der Waals surface area contributed by atoms with Gasteiger partial charge in [-0.3, -0.25) is 9.63 Å². The highest BCUT2D eigenvalue weighted by atomic mass is 16.6. The number of hydroxylamine groups is 1. The molecule has 0 radical (unpaired) electrons. The highest BCUT2D eigenvalue weighted by Crippen LogP contribution is 2.22. The molecule has 1 N–H and O–H groups in total. The van der Waals surface area contributed by atoms with Crippen molar-refractivity contribution in [2.45, 2.75) is 51.6 Å². The summed E-state index contributed by atoms with van der Waals surface area (Å²) in [6, 6.07) is 9.88. The summed E-state index contributed by atoms with van der Waals surface area (Å²) in [6.07, 6.45) is 8.16. The highest BCUT2D eigenvalue weighted by Gasteiger charge is 2.19. The number of hydrogen-bond acceptors (Lipinski definition) is 2. The number of carbonyl (C=O) groups excluding carboxylic acids is 1. The van der Waals surface area contributed by atoms with Gasteiger partial charge < -0.3 is 0 Å². The maximum Gasteiger partial charge on any atom is 0.246 e. The van der Waals surface area contributed by atoms with Crippen molar-refractivity contribution in [1.29, 1.82) is 0 Å². The molecule has 1 aliphatic carbocycles. The molecule has 0 aliphatic heterocycles. The summed E-state index contributed by atoms with van der Waals surface area (Å²) in [4.78, 5) is 17.3. The van der Waals surface area contributed by atoms with E-state index in [1.165, 1.54) is 19.3 Å². The predicted octanol–water partition coefficient (Wildman–Crippen LogP) is 3.59. The smallest absolute Gasteiger partial charge is 0.246 e. The molecular formula is C16H23NO2. The van der Waals surface area contributed by atoms with Crippen LogP contribution < -0.4 is 5.48 Å². The van der Waals surface area contributed by atoms with Crippen molar-refractivity contribution in [1.82, 2.24) is 5.48 Å². The van der Waals surface area contributed by atoms with Gasteiger partial charge in [0.1, 0.15) is 0 Å². The fraction of sp³-hybridized carbons (Fsp3) is 0.562. The minimum absolute atomic E-state index is 0.0535. The molecule has 3 heteroatoms. The van der Waals surface area contributed by atoms with E-state index in [9.17, 15) is 4.79 Å². The Labute approximate surface area is 115 Å². The normalized spacial score (nSPS) is 17.5. The fourth-order valence-corrected chi connectivity index (χ4v) is 2.57. The van der Waals surface area contributed by atoms with Crippen molar-refractivity contribution in [3.63, 3.8) is 0 Å². The average Bonchev–Trinajstić information content (AvgIpc) is 2.39. The van der Waals surface area contributed by atoms with E-state index in [1.807, 2.05) is 30.3 Å². The minimum atomic E-state index is 0.0535. The molecule has 1 fully saturated rings. The fourth-order valence-electron chi connectivity index (χ4n) is 2.57. The monoisotopic (exact) mass is 261 g/mol. The number of amides is 1. The van der Waals surface area contributed by atoms with Crippen LogP contribution in [0.4, 0.5) is 0 Å². The summed E-state index contributed by atoms with van der Waals surface area (Å²) >= 11 is 0. The van der Waals surface area contributed by atoms with Gasteiger partial charge in [-0.1, -0.05) is 62.4 Å². The molecule has 1 saturated carbocycles. The molecule has 1 amide bonds. The van der Waals surface area contributed by atoms with Crippen LogP contribution in [0.5, 0.6) is 0 Å². The lowest BCUT2D eigenvalue weighted by Crippen LogP contribution is -2.31. The number of nitrogens with one attached hydrogen (secondary N) is 1. The maximum atomic E-state index is 12.0. The Hall–Kier alpha value is -1.35. The molecule has 0 spiro atoms. The summed E-state index contributed by atoms with van der Waals surface area (Å²) in [6.45, 7) is 0.430. The van der Waals surface area contributed by atoms with Gasteiger partial charge in [0.15, 0.2) is 0 Å². The molecule has 0 saturated heterocycles. The van der Waals surface area contributed by atoms with E-state index in [4.69, 9.17) is 4.84 Å². The molecule has 0 unspecified atom stereocenters. The van der Waals surface area contributed by atoms with Crippen molar-refractivity contribution in [2.24, 2.45) is 5.92 Å². The van der Waals surface area contributed by atoms with Crippen molar-refractivity contribution < 1.29 is 9.63 Å². The topological polar surface area (TPSA) is 38.3 Å². The van der Waals surface area contributed by atoms with E-state index >= 15 is 0 Å². The number of rotatable bonds is 4. The third kappa shape index (κ3) is 5.03. The molecule has 3 nitrogen and oxygen atoms in total. The zero-order valence-electron chi connectivity index (χ0n) is 11.4. The van der Waals surface area contributed by atoms with Crippen LogP contribution in [0.1, 0.15) is 50.5 Å². The second-order valence-corrected chi connectivity index (χ2v) is 5.28. The quantitative estimate of drug-likeness (QED) is 0.841. The van der Waals surface area contributed by atoms with E-state index in [0.717, 1.165) is 31.2 Å². The number of hydrogen-bond donors (Lipinski definition) is 1. The van der Waals surface area contributed by atoms with Crippen LogP contribution in [0.2, 0.25) is 0 Å². The lowest BCUT2D eigenvalue weighted by atomic mass is 9.91. The van der Waals surface area contributed by atoms with E-state index in [2.05, 4.69) is 5.48 Å². The van der Waals surface area contributed by atoms with Crippen LogP contribution in [0.3, 0.4) is 0 Å². The van der Waals surface area contributed by atoms with Gasteiger partial charge in [-0.05, 0) is 18.4 Å². The Morgan fingerprint density at radius 2 is 1.68 bits per heavy atom. The Morgan fingerprint density at radius 3 is 2.37 bits per heavy atom. The zero-order chi connectivity index (χ0) is 13.3. The highest BCUT2D eigenvalue weighted by molar-refractivity contribution is 5.77. The Morgan fingerprint density at radius 1 is 1.05 bits per heavy atom. The largest absolute Gasteiger partial charge is 0.273 e. The average molecular weight is 261 g/mol. The summed E-state index contributed by atoms with van der Waals surface area (Å²) < 4.78 is 0. The van der Waals surface area contributed by atoms with Crippen molar-refractivity contribution in [3.8, 4) is 0 Å². The number of carbonyl (C=O) groups is 1. The predicted molar refractivity (Wildman–Crippen MR) is 75.2 cm³/mol. The third-order valence-electron chi connectivity index (χ3n) is 3.73. The van der Waals surface area contributed by atoms with E-state index in [-0.39, 0.29) is 11.8 Å². The second kappa shape index (κ2) is 7.95. The van der Waals surface area contributed by atoms with E-state index < -0.39 is 0 Å². The van der Waals surface area contributed by atoms with Crippen molar-refractivity contribution in [2.75, 3.05) is 0 Å². The van der Waals surface area contributed by atoms with E-state index in [0.29, 0.717) is 6.61 Å². The summed E-state index contributed by atoms with van der Waals surface area (Å²) in [7, 11) is 0. The molecule has 2 rings (SSSR count). The van der Waals surface area contributed by atoms with E-state index in [1.54, 1.807) is 0 Å². The second-order valence-electron chi connectivity index (χ2n) is 5.28. The third-order valence-corrected chi connectivity index (χ3v) is 3.73. The van der Waals surface area contributed by atoms with Gasteiger partial charge in [-0.2, -0.15) is 0 Å². The molecule has 0 bridgehead atoms. The number of benzene rings is 1. The Bertz CT molecular complexity index is 370. The van der Waals surface area contributed by atoms with Gasteiger partial charge in [-0.15, -0.1) is 0 Å². The Balaban J connectivity index is 1.71. The first-order valence-corrected chi connectivity index (χ1v) is 7.32. The first kappa shape index (κ1) is 14.1. The van der Waals surface area contributed by atoms with Crippen molar-refractivity contribution >= 4 is 5.91 Å². The lowest BCUT2D eigenvalue weighted by molar-refractivity contribution is -0.139. The lowest BCUT2D eigenvalue weighted by Gasteiger charge is -2.18. The zero-order valence-corrected chi connectivity index (χ0v) is 11.4. The first-order chi connectivity index (χ1) is 9.36. The van der Waals surface area contributed by atoms with Gasteiger partial charge in [0, 0.05) is 5.92 Å². The Kier molecular flexibility index (Phi) is 5.89. The molecule has 1 aromatic rings. The first-order valence-electron chi connectivity index (χ1n) is 7.32. The molecule has 0 atom stereocenters. The molecule has 104 valence electrons. The van der Waals surface area contributed by atoms with Gasteiger partial charge >= 0.3 is 0 Å². The van der Waals surface area contributed by atoms with Gasteiger partial charge in [-0.25, -0.2) is 5.48 Å². The molecular weight excluding hydrogens is 238 g/mol. The van der Waals surface area contributed by atoms with Gasteiger partial charge in [0.05, 0.1) is 6.61 Å². The van der Waals surface area contributed by atoms with Crippen LogP contribution in [-0.4, -0.2) is 5.91 Å². The molecule has 1 aliphatic rings. The SMILES string of the molecule is O=C(NOCc1ccccc1)C1CCCCCCC1. The summed E-state index contributed by atoms with van der Waals surface area (Å²) in [5.41, 5.74) is 3.68. The van der Waals surface area contributed by atoms with Gasteiger partial charge in [0.2, 0.25) is 5.91 Å².